The van der Waals surface area contributed by atoms with Gasteiger partial charge in [-0.3, -0.25) is 5.10 Å². The molecular formula is C9H16N4O6S2. The van der Waals surface area contributed by atoms with Gasteiger partial charge in [-0.25, -0.2) is 31.1 Å². The number of aromatic amines is 1. The predicted octanol–water partition coefficient (Wildman–Crippen LogP) is -1.29. The van der Waals surface area contributed by atoms with Gasteiger partial charge in [0, 0.05) is 12.1 Å². The van der Waals surface area contributed by atoms with Crippen molar-refractivity contribution in [3.63, 3.8) is 0 Å². The smallest absolute Gasteiger partial charge is 0.340 e. The highest BCUT2D eigenvalue weighted by molar-refractivity contribution is 7.89. The minimum atomic E-state index is -4.17. The van der Waals surface area contributed by atoms with Crippen molar-refractivity contribution < 1.29 is 26.7 Å². The Morgan fingerprint density at radius 3 is 2.43 bits per heavy atom. The van der Waals surface area contributed by atoms with Crippen LogP contribution < -0.4 is 9.44 Å². The first kappa shape index (κ1) is 17.6. The summed E-state index contributed by atoms with van der Waals surface area (Å²) in [6, 6.07) is 0. The van der Waals surface area contributed by atoms with Crippen LogP contribution in [-0.2, 0) is 20.0 Å². The van der Waals surface area contributed by atoms with Crippen molar-refractivity contribution in [3.8, 4) is 0 Å². The van der Waals surface area contributed by atoms with Crippen molar-refractivity contribution >= 4 is 26.0 Å². The van der Waals surface area contributed by atoms with E-state index in [9.17, 15) is 21.6 Å². The van der Waals surface area contributed by atoms with E-state index >= 15 is 0 Å². The fourth-order valence-electron chi connectivity index (χ4n) is 1.52. The third-order valence-electron chi connectivity index (χ3n) is 2.27. The summed E-state index contributed by atoms with van der Waals surface area (Å²) < 4.78 is 50.7. The van der Waals surface area contributed by atoms with Crippen LogP contribution in [0.15, 0.2) is 11.2 Å². The Bertz CT molecular complexity index is 734. The largest absolute Gasteiger partial charge is 0.478 e. The Balaban J connectivity index is 2.92. The average Bonchev–Trinajstić information content (AvgIpc) is 2.73. The van der Waals surface area contributed by atoms with Gasteiger partial charge in [-0.15, -0.1) is 0 Å². The van der Waals surface area contributed by atoms with Crippen LogP contribution in [0.4, 0.5) is 0 Å². The van der Waals surface area contributed by atoms with Gasteiger partial charge in [0.05, 0.1) is 12.5 Å². The summed E-state index contributed by atoms with van der Waals surface area (Å²) in [5.41, 5.74) is -1.60. The molecule has 21 heavy (non-hydrogen) atoms. The maximum Gasteiger partial charge on any atom is 0.340 e. The van der Waals surface area contributed by atoms with Gasteiger partial charge in [0.2, 0.25) is 10.0 Å². The van der Waals surface area contributed by atoms with E-state index in [1.54, 1.807) is 0 Å². The number of H-pyrrole nitrogens is 1. The lowest BCUT2D eigenvalue weighted by molar-refractivity contribution is 0.0692. The number of carboxylic acids is 1. The van der Waals surface area contributed by atoms with E-state index in [0.29, 0.717) is 0 Å². The molecule has 0 spiro atoms. The second kappa shape index (κ2) is 5.71. The Kier molecular flexibility index (Phi) is 4.77. The van der Waals surface area contributed by atoms with Gasteiger partial charge in [0.1, 0.15) is 5.56 Å². The van der Waals surface area contributed by atoms with Crippen molar-refractivity contribution in [1.29, 1.82) is 0 Å². The zero-order valence-corrected chi connectivity index (χ0v) is 13.2. The van der Waals surface area contributed by atoms with Crippen LogP contribution >= 0.6 is 0 Å². The molecule has 10 nitrogen and oxygen atoms in total. The minimum Gasteiger partial charge on any atom is -0.478 e. The molecule has 0 aliphatic carbocycles. The number of rotatable bonds is 7. The minimum absolute atomic E-state index is 0.277. The van der Waals surface area contributed by atoms with E-state index in [1.165, 1.54) is 13.8 Å². The number of nitrogens with zero attached hydrogens (tertiary/aromatic N) is 1. The third-order valence-corrected chi connectivity index (χ3v) is 4.57. The Labute approximate surface area is 122 Å². The monoisotopic (exact) mass is 340 g/mol. The average molecular weight is 340 g/mol. The number of carbonyl (C=O) groups is 1. The molecule has 1 heterocycles. The fourth-order valence-corrected chi connectivity index (χ4v) is 3.89. The molecule has 0 saturated heterocycles. The van der Waals surface area contributed by atoms with Gasteiger partial charge in [-0.2, -0.15) is 5.10 Å². The molecule has 0 radical (unpaired) electrons. The second-order valence-electron chi connectivity index (χ2n) is 5.00. The highest BCUT2D eigenvalue weighted by Crippen LogP contribution is 2.12. The number of sulfonamides is 2. The van der Waals surface area contributed by atoms with Crippen LogP contribution in [0.2, 0.25) is 0 Å². The van der Waals surface area contributed by atoms with Crippen LogP contribution in [0.25, 0.3) is 0 Å². The van der Waals surface area contributed by atoms with Gasteiger partial charge in [0.25, 0.3) is 10.0 Å². The summed E-state index contributed by atoms with van der Waals surface area (Å²) in [5, 5.41) is 13.7. The lowest BCUT2D eigenvalue weighted by Crippen LogP contribution is -2.51. The Morgan fingerprint density at radius 2 is 1.95 bits per heavy atom. The summed E-state index contributed by atoms with van der Waals surface area (Å²) in [6.45, 7) is 2.67. The van der Waals surface area contributed by atoms with E-state index < -0.39 is 42.1 Å². The Morgan fingerprint density at radius 1 is 1.38 bits per heavy atom. The molecule has 0 aliphatic heterocycles. The number of carboxylic acid groups (broad SMARTS) is 1. The molecule has 0 fully saturated rings. The first-order valence-electron chi connectivity index (χ1n) is 5.59. The second-order valence-corrected chi connectivity index (χ2v) is 8.45. The topological polar surface area (TPSA) is 158 Å². The summed E-state index contributed by atoms with van der Waals surface area (Å²) in [7, 11) is -7.69. The molecule has 120 valence electrons. The third kappa shape index (κ3) is 5.08. The van der Waals surface area contributed by atoms with Crippen molar-refractivity contribution in [1.82, 2.24) is 19.6 Å². The number of hydrogen-bond donors (Lipinski definition) is 4. The summed E-state index contributed by atoms with van der Waals surface area (Å²) >= 11 is 0. The van der Waals surface area contributed by atoms with Crippen LogP contribution in [0.5, 0.6) is 0 Å². The molecule has 1 rings (SSSR count). The SMILES string of the molecule is CC(C)(CNS(=O)(=O)c1[nH]ncc1C(=O)O)NS(C)(=O)=O. The van der Waals surface area contributed by atoms with E-state index in [2.05, 4.69) is 19.6 Å². The van der Waals surface area contributed by atoms with Gasteiger partial charge in [-0.05, 0) is 13.8 Å². The zero-order valence-electron chi connectivity index (χ0n) is 11.5. The number of nitrogens with one attached hydrogen (secondary N) is 3. The van der Waals surface area contributed by atoms with Gasteiger partial charge in [-0.1, -0.05) is 0 Å². The van der Waals surface area contributed by atoms with Crippen LogP contribution in [0, 0.1) is 0 Å². The number of aromatic carboxylic acids is 1. The molecule has 0 unspecified atom stereocenters. The quantitative estimate of drug-likeness (QED) is 0.481. The highest BCUT2D eigenvalue weighted by atomic mass is 32.2. The number of hydrogen-bond acceptors (Lipinski definition) is 6. The van der Waals surface area contributed by atoms with Crippen LogP contribution in [-0.4, -0.2) is 56.4 Å². The van der Waals surface area contributed by atoms with Crippen molar-refractivity contribution in [2.75, 3.05) is 12.8 Å². The first-order valence-corrected chi connectivity index (χ1v) is 8.97. The lowest BCUT2D eigenvalue weighted by Gasteiger charge is -2.25. The lowest BCUT2D eigenvalue weighted by atomic mass is 10.1. The summed E-state index contributed by atoms with van der Waals surface area (Å²) in [6.07, 6.45) is 1.82. The molecular weight excluding hydrogens is 324 g/mol. The molecule has 1 aromatic heterocycles. The summed E-state index contributed by atoms with van der Waals surface area (Å²) in [5.74, 6) is -1.45. The maximum absolute atomic E-state index is 12.0. The zero-order chi connectivity index (χ0) is 16.5. The van der Waals surface area contributed by atoms with Crippen LogP contribution in [0.3, 0.4) is 0 Å². The molecule has 0 bridgehead atoms. The molecule has 0 aliphatic rings. The van der Waals surface area contributed by atoms with Gasteiger partial charge in [0.15, 0.2) is 5.03 Å². The molecule has 12 heteroatoms. The standard InChI is InChI=1S/C9H16N4O6S2/c1-9(2,13-20(3,16)17)5-11-21(18,19)7-6(8(14)15)4-10-12-7/h4,11,13H,5H2,1-3H3,(H,10,12)(H,14,15). The van der Waals surface area contributed by atoms with Gasteiger partial charge >= 0.3 is 5.97 Å². The Hall–Kier alpha value is -1.50. The molecule has 0 aromatic carbocycles. The molecule has 4 N–H and O–H groups in total. The van der Waals surface area contributed by atoms with Crippen molar-refractivity contribution in [2.24, 2.45) is 0 Å². The van der Waals surface area contributed by atoms with Gasteiger partial charge < -0.3 is 5.11 Å². The van der Waals surface area contributed by atoms with E-state index in [-0.39, 0.29) is 6.54 Å². The molecule has 0 amide bonds. The van der Waals surface area contributed by atoms with Crippen LogP contribution in [0.1, 0.15) is 24.2 Å². The normalized spacial score (nSPS) is 13.3. The van der Waals surface area contributed by atoms with Crippen molar-refractivity contribution in [3.05, 3.63) is 11.8 Å². The maximum atomic E-state index is 12.0. The molecule has 0 saturated carbocycles. The van der Waals surface area contributed by atoms with Crippen molar-refractivity contribution in [2.45, 2.75) is 24.4 Å². The van der Waals surface area contributed by atoms with E-state index in [1.807, 2.05) is 0 Å². The van der Waals surface area contributed by atoms with E-state index in [0.717, 1.165) is 12.5 Å². The molecule has 1 aromatic rings. The summed E-state index contributed by atoms with van der Waals surface area (Å²) in [4.78, 5) is 10.9. The van der Waals surface area contributed by atoms with E-state index in [4.69, 9.17) is 5.11 Å². The fraction of sp³-hybridized carbons (Fsp3) is 0.556. The highest BCUT2D eigenvalue weighted by Gasteiger charge is 2.28. The number of aromatic nitrogens is 2. The molecule has 0 atom stereocenters. The first-order chi connectivity index (χ1) is 9.34. The predicted molar refractivity (Wildman–Crippen MR) is 72.8 cm³/mol.